The van der Waals surface area contributed by atoms with E-state index in [2.05, 4.69) is 36.6 Å². The highest BCUT2D eigenvalue weighted by Gasteiger charge is 2.32. The molecule has 0 N–H and O–H groups in total. The maximum Gasteiger partial charge on any atom is 0.573 e. The molecule has 0 aliphatic carbocycles. The Bertz CT molecular complexity index is 419. The van der Waals surface area contributed by atoms with E-state index in [4.69, 9.17) is 0 Å². The maximum absolute atomic E-state index is 12.1. The molecule has 0 aliphatic rings. The van der Waals surface area contributed by atoms with E-state index < -0.39 is 12.1 Å². The lowest BCUT2D eigenvalue weighted by Crippen LogP contribution is -2.18. The lowest BCUT2D eigenvalue weighted by molar-refractivity contribution is -0.274. The van der Waals surface area contributed by atoms with Crippen LogP contribution in [0.1, 0.15) is 16.8 Å². The van der Waals surface area contributed by atoms with Gasteiger partial charge in [0.1, 0.15) is 5.75 Å². The van der Waals surface area contributed by atoms with Crippen LogP contribution in [0.5, 0.6) is 5.75 Å². The minimum atomic E-state index is -4.78. The number of hydrogen-bond donors (Lipinski definition) is 0. The fraction of sp³-hybridized carbons (Fsp3) is 0.300. The Balaban J connectivity index is 3.03. The number of benzene rings is 1. The van der Waals surface area contributed by atoms with Gasteiger partial charge in [-0.2, -0.15) is 0 Å². The minimum absolute atomic E-state index is 0.0169. The van der Waals surface area contributed by atoms with E-state index in [1.807, 2.05) is 0 Å². The quantitative estimate of drug-likeness (QED) is 0.578. The lowest BCUT2D eigenvalue weighted by atomic mass is 10.1. The summed E-state index contributed by atoms with van der Waals surface area (Å²) in [5, 5.41) is 0.447. The molecule has 0 atom stereocenters. The highest BCUT2D eigenvalue weighted by molar-refractivity contribution is 9.10. The van der Waals surface area contributed by atoms with Crippen molar-refractivity contribution in [3.05, 3.63) is 28.2 Å². The lowest BCUT2D eigenvalue weighted by Gasteiger charge is -2.12. The monoisotopic (exact) mass is 374 g/mol. The fourth-order valence-electron chi connectivity index (χ4n) is 1.15. The Hall–Kier alpha value is -0.560. The van der Waals surface area contributed by atoms with Crippen LogP contribution in [0, 0.1) is 0 Å². The van der Waals surface area contributed by atoms with E-state index >= 15 is 0 Å². The number of ketones is 1. The van der Waals surface area contributed by atoms with Crippen molar-refractivity contribution in [3.63, 3.8) is 0 Å². The van der Waals surface area contributed by atoms with Gasteiger partial charge in [-0.1, -0.05) is 22.0 Å². The summed E-state index contributed by atoms with van der Waals surface area (Å²) in [6.45, 7) is 0. The smallest absolute Gasteiger partial charge is 0.405 e. The maximum atomic E-state index is 12.1. The summed E-state index contributed by atoms with van der Waals surface area (Å²) in [5.74, 6) is -0.681. The third-order valence-electron chi connectivity index (χ3n) is 1.81. The van der Waals surface area contributed by atoms with Crippen LogP contribution in [0.15, 0.2) is 22.7 Å². The average Bonchev–Trinajstić information content (AvgIpc) is 2.19. The number of carbonyl (C=O) groups is 1. The van der Waals surface area contributed by atoms with Crippen molar-refractivity contribution in [1.82, 2.24) is 0 Å². The van der Waals surface area contributed by atoms with Gasteiger partial charge >= 0.3 is 6.36 Å². The van der Waals surface area contributed by atoms with Crippen LogP contribution >= 0.6 is 31.9 Å². The van der Waals surface area contributed by atoms with Crippen molar-refractivity contribution >= 4 is 37.6 Å². The minimum Gasteiger partial charge on any atom is -0.405 e. The van der Waals surface area contributed by atoms with Gasteiger partial charge in [-0.25, -0.2) is 0 Å². The molecule has 1 rings (SSSR count). The molecule has 94 valence electrons. The Morgan fingerprint density at radius 3 is 2.53 bits per heavy atom. The molecule has 17 heavy (non-hydrogen) atoms. The zero-order valence-corrected chi connectivity index (χ0v) is 11.5. The summed E-state index contributed by atoms with van der Waals surface area (Å²) in [7, 11) is 0. The summed E-state index contributed by atoms with van der Waals surface area (Å²) in [4.78, 5) is 11.6. The van der Waals surface area contributed by atoms with Crippen LogP contribution in [0.2, 0.25) is 0 Å². The van der Waals surface area contributed by atoms with E-state index in [9.17, 15) is 18.0 Å². The first kappa shape index (κ1) is 14.5. The first-order chi connectivity index (χ1) is 7.85. The van der Waals surface area contributed by atoms with Crippen LogP contribution in [0.25, 0.3) is 0 Å². The topological polar surface area (TPSA) is 26.3 Å². The van der Waals surface area contributed by atoms with Crippen molar-refractivity contribution in [1.29, 1.82) is 0 Å². The molecule has 0 amide bonds. The average molecular weight is 376 g/mol. The number of Topliss-reactive ketones (excluding diaryl/α,β-unsaturated/α-hetero) is 1. The zero-order chi connectivity index (χ0) is 13.1. The van der Waals surface area contributed by atoms with Crippen molar-refractivity contribution < 1.29 is 22.7 Å². The number of ether oxygens (including phenoxy) is 1. The molecule has 0 heterocycles. The van der Waals surface area contributed by atoms with Crippen molar-refractivity contribution in [2.24, 2.45) is 0 Å². The predicted molar refractivity (Wildman–Crippen MR) is 63.6 cm³/mol. The summed E-state index contributed by atoms with van der Waals surface area (Å²) < 4.78 is 40.0. The van der Waals surface area contributed by atoms with Gasteiger partial charge in [-0.05, 0) is 28.1 Å². The third-order valence-corrected chi connectivity index (χ3v) is 3.03. The molecule has 1 aromatic rings. The van der Waals surface area contributed by atoms with Crippen molar-refractivity contribution in [2.45, 2.75) is 12.8 Å². The van der Waals surface area contributed by atoms with Gasteiger partial charge in [-0.15, -0.1) is 13.2 Å². The highest BCUT2D eigenvalue weighted by atomic mass is 79.9. The molecule has 0 saturated carbocycles. The van der Waals surface area contributed by atoms with Gasteiger partial charge in [0, 0.05) is 17.3 Å². The Morgan fingerprint density at radius 2 is 2.00 bits per heavy atom. The van der Waals surface area contributed by atoms with Gasteiger partial charge in [-0.3, -0.25) is 4.79 Å². The summed E-state index contributed by atoms with van der Waals surface area (Å²) >= 11 is 6.04. The van der Waals surface area contributed by atoms with E-state index in [-0.39, 0.29) is 22.2 Å². The standard InChI is InChI=1S/C10H7Br2F3O2/c11-5-4-7(16)6-2-1-3-8(9(6)12)17-10(13,14)15/h1-3H,4-5H2. The van der Waals surface area contributed by atoms with Crippen LogP contribution in [0.3, 0.4) is 0 Å². The van der Waals surface area contributed by atoms with Crippen LogP contribution in [0.4, 0.5) is 13.2 Å². The number of carbonyl (C=O) groups excluding carboxylic acids is 1. The van der Waals surface area contributed by atoms with Gasteiger partial charge in [0.25, 0.3) is 0 Å². The van der Waals surface area contributed by atoms with Crippen molar-refractivity contribution in [3.8, 4) is 5.75 Å². The molecule has 0 unspecified atom stereocenters. The van der Waals surface area contributed by atoms with Gasteiger partial charge < -0.3 is 4.74 Å². The van der Waals surface area contributed by atoms with Crippen molar-refractivity contribution in [2.75, 3.05) is 5.33 Å². The normalized spacial score (nSPS) is 11.4. The number of alkyl halides is 4. The Kier molecular flexibility index (Phi) is 5.00. The molecule has 0 saturated heterocycles. The van der Waals surface area contributed by atoms with Gasteiger partial charge in [0.2, 0.25) is 0 Å². The Labute approximate surface area is 112 Å². The second-order valence-electron chi connectivity index (χ2n) is 3.03. The van der Waals surface area contributed by atoms with E-state index in [0.717, 1.165) is 6.07 Å². The number of halogens is 5. The van der Waals surface area contributed by atoms with E-state index in [1.54, 1.807) is 0 Å². The third kappa shape index (κ3) is 4.31. The second-order valence-corrected chi connectivity index (χ2v) is 4.61. The molecule has 0 bridgehead atoms. The fourth-order valence-corrected chi connectivity index (χ4v) is 2.08. The number of rotatable bonds is 4. The van der Waals surface area contributed by atoms with Gasteiger partial charge in [0.05, 0.1) is 4.47 Å². The first-order valence-corrected chi connectivity index (χ1v) is 6.40. The van der Waals surface area contributed by atoms with E-state index in [0.29, 0.717) is 5.33 Å². The van der Waals surface area contributed by atoms with Gasteiger partial charge in [0.15, 0.2) is 5.78 Å². The predicted octanol–water partition coefficient (Wildman–Crippen LogP) is 4.32. The zero-order valence-electron chi connectivity index (χ0n) is 8.35. The van der Waals surface area contributed by atoms with E-state index in [1.165, 1.54) is 12.1 Å². The molecule has 7 heteroatoms. The molecular formula is C10H7Br2F3O2. The Morgan fingerprint density at radius 1 is 1.35 bits per heavy atom. The summed E-state index contributed by atoms with van der Waals surface area (Å²) in [6, 6.07) is 3.92. The summed E-state index contributed by atoms with van der Waals surface area (Å²) in [5.41, 5.74) is 0.172. The van der Waals surface area contributed by atoms with Crippen LogP contribution in [-0.4, -0.2) is 17.5 Å². The molecule has 0 fully saturated rings. The second kappa shape index (κ2) is 5.86. The number of hydrogen-bond acceptors (Lipinski definition) is 2. The van der Waals surface area contributed by atoms with Crippen LogP contribution in [-0.2, 0) is 0 Å². The summed E-state index contributed by atoms with van der Waals surface area (Å²) in [6.07, 6.45) is -4.58. The first-order valence-electron chi connectivity index (χ1n) is 4.48. The molecule has 0 aliphatic heterocycles. The molecule has 0 spiro atoms. The molecule has 0 radical (unpaired) electrons. The van der Waals surface area contributed by atoms with Crippen LogP contribution < -0.4 is 4.74 Å². The molecule has 0 aromatic heterocycles. The molecular weight excluding hydrogens is 369 g/mol. The largest absolute Gasteiger partial charge is 0.573 e. The highest BCUT2D eigenvalue weighted by Crippen LogP contribution is 2.33. The molecule has 1 aromatic carbocycles. The SMILES string of the molecule is O=C(CCBr)c1cccc(OC(F)(F)F)c1Br. The molecule has 2 nitrogen and oxygen atoms in total.